The molecule has 0 spiro atoms. The number of amides is 1. The van der Waals surface area contributed by atoms with E-state index in [9.17, 15) is 27.6 Å². The second-order valence-corrected chi connectivity index (χ2v) is 11.9. The maximum Gasteiger partial charge on any atom is 0.416 e. The van der Waals surface area contributed by atoms with E-state index < -0.39 is 17.3 Å². The largest absolute Gasteiger partial charge is 0.471 e. The highest BCUT2D eigenvalue weighted by atomic mass is 19.4. The number of aryl methyl sites for hydroxylation is 1. The molecule has 1 amide bonds. The van der Waals surface area contributed by atoms with Crippen LogP contribution in [0.5, 0.6) is 5.75 Å². The Morgan fingerprint density at radius 1 is 1.10 bits per heavy atom. The molecule has 0 N–H and O–H groups in total. The molecular formula is C31H33F4N3O3. The van der Waals surface area contributed by atoms with Gasteiger partial charge in [0.2, 0.25) is 0 Å². The minimum atomic E-state index is -4.62. The third kappa shape index (κ3) is 5.30. The molecule has 41 heavy (non-hydrogen) atoms. The van der Waals surface area contributed by atoms with Gasteiger partial charge in [0, 0.05) is 11.6 Å². The van der Waals surface area contributed by atoms with E-state index in [1.807, 2.05) is 12.1 Å². The number of carbonyl (C=O) groups is 1. The minimum Gasteiger partial charge on any atom is -0.471 e. The van der Waals surface area contributed by atoms with Crippen LogP contribution in [-0.4, -0.2) is 53.8 Å². The van der Waals surface area contributed by atoms with Crippen molar-refractivity contribution in [1.29, 1.82) is 5.26 Å². The van der Waals surface area contributed by atoms with Crippen molar-refractivity contribution >= 4 is 5.91 Å². The van der Waals surface area contributed by atoms with Crippen LogP contribution in [-0.2, 0) is 22.3 Å². The Bertz CT molecular complexity index is 1370. The molecule has 0 radical (unpaired) electrons. The van der Waals surface area contributed by atoms with Gasteiger partial charge in [-0.1, -0.05) is 12.1 Å². The highest BCUT2D eigenvalue weighted by Crippen LogP contribution is 2.49. The molecule has 3 heterocycles. The fourth-order valence-corrected chi connectivity index (χ4v) is 6.82. The number of rotatable bonds is 4. The van der Waals surface area contributed by atoms with Crippen molar-refractivity contribution < 1.29 is 31.8 Å². The number of halogens is 4. The maximum atomic E-state index is 13.9. The average Bonchev–Trinajstić information content (AvgIpc) is 3.83. The Hall–Kier alpha value is -3.16. The van der Waals surface area contributed by atoms with Crippen LogP contribution in [0.4, 0.5) is 17.6 Å². The van der Waals surface area contributed by atoms with Gasteiger partial charge in [-0.15, -0.1) is 0 Å². The van der Waals surface area contributed by atoms with Crippen LogP contribution in [0.2, 0.25) is 0 Å². The van der Waals surface area contributed by atoms with E-state index in [0.717, 1.165) is 57.3 Å². The molecule has 0 unspecified atom stereocenters. The first-order valence-corrected chi connectivity index (χ1v) is 14.3. The lowest BCUT2D eigenvalue weighted by atomic mass is 9.84. The third-order valence-electron chi connectivity index (χ3n) is 9.31. The molecule has 1 saturated carbocycles. The standard InChI is InChI=1S/C31H33F4N3O3/c1-19-12-21(2-5-27(19)32)20-7-10-37(11-8-20)26-6-9-30(41-17-26,24-3-4-24)29(39)38-16-23-14-25(31(33,34)35)13-22(15-36)28(23)40-18-38/h2,5,12-14,20,24,26H,3-4,6-11,16-18H2,1H3/t26-,30+/m1/s1. The van der Waals surface area contributed by atoms with Crippen molar-refractivity contribution in [3.63, 3.8) is 0 Å². The minimum absolute atomic E-state index is 0.0651. The molecule has 218 valence electrons. The average molecular weight is 572 g/mol. The normalized spacial score (nSPS) is 25.8. The van der Waals surface area contributed by atoms with Crippen LogP contribution in [0, 0.1) is 30.0 Å². The Labute approximate surface area is 236 Å². The second-order valence-electron chi connectivity index (χ2n) is 11.9. The summed E-state index contributed by atoms with van der Waals surface area (Å²) in [6.45, 7) is 3.81. The number of likely N-dealkylation sites (tertiary alicyclic amines) is 1. The molecule has 3 fully saturated rings. The van der Waals surface area contributed by atoms with Crippen molar-refractivity contribution in [2.45, 2.75) is 75.7 Å². The Morgan fingerprint density at radius 2 is 1.85 bits per heavy atom. The number of alkyl halides is 3. The number of carbonyl (C=O) groups excluding carboxylic acids is 1. The van der Waals surface area contributed by atoms with Gasteiger partial charge in [0.1, 0.15) is 23.2 Å². The van der Waals surface area contributed by atoms with Crippen LogP contribution in [0.3, 0.4) is 0 Å². The molecule has 0 aromatic heterocycles. The summed E-state index contributed by atoms with van der Waals surface area (Å²) in [5, 5.41) is 9.39. The summed E-state index contributed by atoms with van der Waals surface area (Å²) in [5.41, 5.74) is -0.0977. The van der Waals surface area contributed by atoms with E-state index >= 15 is 0 Å². The topological polar surface area (TPSA) is 65.8 Å². The van der Waals surface area contributed by atoms with Crippen molar-refractivity contribution in [2.75, 3.05) is 26.4 Å². The lowest BCUT2D eigenvalue weighted by molar-refractivity contribution is -0.180. The predicted octanol–water partition coefficient (Wildman–Crippen LogP) is 5.91. The molecule has 2 aromatic rings. The van der Waals surface area contributed by atoms with E-state index in [2.05, 4.69) is 4.90 Å². The smallest absolute Gasteiger partial charge is 0.416 e. The number of hydrogen-bond acceptors (Lipinski definition) is 5. The van der Waals surface area contributed by atoms with E-state index in [-0.39, 0.29) is 53.8 Å². The van der Waals surface area contributed by atoms with Gasteiger partial charge in [-0.05, 0) is 99.7 Å². The molecule has 3 aliphatic heterocycles. The number of fused-ring (bicyclic) bond motifs is 1. The molecule has 2 aromatic carbocycles. The quantitative estimate of drug-likeness (QED) is 0.427. The second kappa shape index (κ2) is 10.6. The van der Waals surface area contributed by atoms with Crippen LogP contribution in [0.1, 0.15) is 72.3 Å². The van der Waals surface area contributed by atoms with Gasteiger partial charge in [-0.3, -0.25) is 9.69 Å². The molecule has 6 nitrogen and oxygen atoms in total. The molecular weight excluding hydrogens is 538 g/mol. The van der Waals surface area contributed by atoms with Crippen molar-refractivity contribution in [3.05, 3.63) is 64.0 Å². The van der Waals surface area contributed by atoms with Crippen LogP contribution in [0.25, 0.3) is 0 Å². The van der Waals surface area contributed by atoms with Gasteiger partial charge in [0.05, 0.1) is 24.3 Å². The van der Waals surface area contributed by atoms with Gasteiger partial charge in [0.15, 0.2) is 6.73 Å². The van der Waals surface area contributed by atoms with Crippen molar-refractivity contribution in [2.24, 2.45) is 5.92 Å². The summed E-state index contributed by atoms with van der Waals surface area (Å²) in [7, 11) is 0. The lowest BCUT2D eigenvalue weighted by Crippen LogP contribution is -2.59. The number of benzene rings is 2. The number of nitriles is 1. The molecule has 4 aliphatic rings. The van der Waals surface area contributed by atoms with Gasteiger partial charge in [-0.2, -0.15) is 18.4 Å². The maximum absolute atomic E-state index is 13.9. The Balaban J connectivity index is 1.11. The summed E-state index contributed by atoms with van der Waals surface area (Å²) in [6, 6.07) is 9.11. The highest BCUT2D eigenvalue weighted by Gasteiger charge is 2.56. The van der Waals surface area contributed by atoms with Gasteiger partial charge in [-0.25, -0.2) is 4.39 Å². The Kier molecular flexibility index (Phi) is 7.23. The number of piperidine rings is 1. The van der Waals surface area contributed by atoms with E-state index in [1.165, 1.54) is 10.5 Å². The zero-order valence-corrected chi connectivity index (χ0v) is 23.0. The number of hydrogen-bond donors (Lipinski definition) is 0. The molecule has 6 rings (SSSR count). The first-order chi connectivity index (χ1) is 19.6. The zero-order valence-electron chi connectivity index (χ0n) is 23.0. The molecule has 2 atom stereocenters. The van der Waals surface area contributed by atoms with Gasteiger partial charge in [0.25, 0.3) is 5.91 Å². The first kappa shape index (κ1) is 28.0. The zero-order chi connectivity index (χ0) is 28.9. The monoisotopic (exact) mass is 571 g/mol. The molecule has 10 heteroatoms. The van der Waals surface area contributed by atoms with Gasteiger partial charge >= 0.3 is 6.18 Å². The fraction of sp³-hybridized carbons (Fsp3) is 0.548. The fourth-order valence-electron chi connectivity index (χ4n) is 6.82. The highest BCUT2D eigenvalue weighted by molar-refractivity contribution is 5.86. The van der Waals surface area contributed by atoms with E-state index in [4.69, 9.17) is 9.47 Å². The lowest BCUT2D eigenvalue weighted by Gasteiger charge is -2.46. The molecule has 1 aliphatic carbocycles. The predicted molar refractivity (Wildman–Crippen MR) is 141 cm³/mol. The first-order valence-electron chi connectivity index (χ1n) is 14.3. The molecule has 2 saturated heterocycles. The van der Waals surface area contributed by atoms with E-state index in [1.54, 1.807) is 19.1 Å². The summed E-state index contributed by atoms with van der Waals surface area (Å²) >= 11 is 0. The number of nitrogens with zero attached hydrogens (tertiary/aromatic N) is 3. The van der Waals surface area contributed by atoms with Crippen LogP contribution in [0.15, 0.2) is 30.3 Å². The summed E-state index contributed by atoms with van der Waals surface area (Å²) in [4.78, 5) is 17.8. The summed E-state index contributed by atoms with van der Waals surface area (Å²) in [5.74, 6) is 0.154. The van der Waals surface area contributed by atoms with Crippen LogP contribution >= 0.6 is 0 Å². The Morgan fingerprint density at radius 3 is 2.46 bits per heavy atom. The SMILES string of the molecule is Cc1cc(C2CCN([C@@H]3CC[C@@](C(=O)N4COc5c(C#N)cc(C(F)(F)F)cc5C4)(C4CC4)OC3)CC2)ccc1F. The number of ether oxygens (including phenoxy) is 2. The van der Waals surface area contributed by atoms with E-state index in [0.29, 0.717) is 24.5 Å². The summed E-state index contributed by atoms with van der Waals surface area (Å²) in [6.07, 6.45) is 0.434. The summed E-state index contributed by atoms with van der Waals surface area (Å²) < 4.78 is 66.2. The van der Waals surface area contributed by atoms with Crippen LogP contribution < -0.4 is 4.74 Å². The molecule has 0 bridgehead atoms. The van der Waals surface area contributed by atoms with Gasteiger partial charge < -0.3 is 14.4 Å². The van der Waals surface area contributed by atoms with Crippen molar-refractivity contribution in [3.8, 4) is 11.8 Å². The third-order valence-corrected chi connectivity index (χ3v) is 9.31. The van der Waals surface area contributed by atoms with Crippen molar-refractivity contribution in [1.82, 2.24) is 9.80 Å².